The number of nitrogen functional groups attached to an aromatic ring is 1. The average molecular weight is 248 g/mol. The molecule has 0 aliphatic carbocycles. The first kappa shape index (κ1) is 13.2. The standard InChI is InChI=1S/C15H24N2O/c1-11-5-7-17(8-6-11)12(2)9-13-3-4-15(18)14(16)10-13/h3-4,10-12,18H,5-9,16H2,1-2H3. The number of likely N-dealkylation sites (tertiary alicyclic amines) is 1. The van der Waals surface area contributed by atoms with Gasteiger partial charge in [-0.05, 0) is 62.9 Å². The number of nitrogens with zero attached hydrogens (tertiary/aromatic N) is 1. The monoisotopic (exact) mass is 248 g/mol. The van der Waals surface area contributed by atoms with Crippen molar-refractivity contribution in [1.82, 2.24) is 4.90 Å². The molecule has 100 valence electrons. The Hall–Kier alpha value is -1.22. The van der Waals surface area contributed by atoms with Crippen LogP contribution in [0, 0.1) is 5.92 Å². The third-order valence-electron chi connectivity index (χ3n) is 4.06. The number of piperidine rings is 1. The lowest BCUT2D eigenvalue weighted by molar-refractivity contribution is 0.146. The fourth-order valence-corrected chi connectivity index (χ4v) is 2.67. The van der Waals surface area contributed by atoms with Gasteiger partial charge in [0.25, 0.3) is 0 Å². The molecule has 1 fully saturated rings. The maximum absolute atomic E-state index is 9.42. The van der Waals surface area contributed by atoms with Gasteiger partial charge in [0.2, 0.25) is 0 Å². The Bertz CT molecular complexity index is 397. The molecule has 1 heterocycles. The smallest absolute Gasteiger partial charge is 0.138 e. The molecule has 0 amide bonds. The van der Waals surface area contributed by atoms with Gasteiger partial charge in [-0.2, -0.15) is 0 Å². The average Bonchev–Trinajstić information content (AvgIpc) is 2.34. The number of benzene rings is 1. The van der Waals surface area contributed by atoms with Gasteiger partial charge in [-0.1, -0.05) is 13.0 Å². The molecule has 1 aliphatic rings. The first-order valence-electron chi connectivity index (χ1n) is 6.87. The summed E-state index contributed by atoms with van der Waals surface area (Å²) < 4.78 is 0. The fraction of sp³-hybridized carbons (Fsp3) is 0.600. The van der Waals surface area contributed by atoms with Crippen molar-refractivity contribution >= 4 is 5.69 Å². The van der Waals surface area contributed by atoms with Crippen LogP contribution in [-0.4, -0.2) is 29.1 Å². The van der Waals surface area contributed by atoms with Crippen LogP contribution in [0.4, 0.5) is 5.69 Å². The Morgan fingerprint density at radius 2 is 2.06 bits per heavy atom. The van der Waals surface area contributed by atoms with Crippen LogP contribution in [0.15, 0.2) is 18.2 Å². The third-order valence-corrected chi connectivity index (χ3v) is 4.06. The molecule has 1 atom stereocenters. The molecule has 1 saturated heterocycles. The summed E-state index contributed by atoms with van der Waals surface area (Å²) in [7, 11) is 0. The second kappa shape index (κ2) is 5.61. The number of phenolic OH excluding ortho intramolecular Hbond substituents is 1. The summed E-state index contributed by atoms with van der Waals surface area (Å²) in [4.78, 5) is 2.56. The quantitative estimate of drug-likeness (QED) is 0.638. The third kappa shape index (κ3) is 3.16. The molecule has 3 nitrogen and oxygen atoms in total. The van der Waals surface area contributed by atoms with Gasteiger partial charge in [-0.3, -0.25) is 0 Å². The molecular weight excluding hydrogens is 224 g/mol. The summed E-state index contributed by atoms with van der Waals surface area (Å²) in [6.45, 7) is 7.02. The molecule has 1 aliphatic heterocycles. The van der Waals surface area contributed by atoms with Crippen LogP contribution in [-0.2, 0) is 6.42 Å². The van der Waals surface area contributed by atoms with Crippen molar-refractivity contribution in [2.24, 2.45) is 5.92 Å². The van der Waals surface area contributed by atoms with E-state index in [0.717, 1.165) is 12.3 Å². The highest BCUT2D eigenvalue weighted by Crippen LogP contribution is 2.23. The first-order valence-corrected chi connectivity index (χ1v) is 6.87. The molecule has 0 spiro atoms. The van der Waals surface area contributed by atoms with Gasteiger partial charge >= 0.3 is 0 Å². The molecule has 1 unspecified atom stereocenters. The van der Waals surface area contributed by atoms with E-state index in [2.05, 4.69) is 18.7 Å². The molecule has 0 bridgehead atoms. The topological polar surface area (TPSA) is 49.5 Å². The summed E-state index contributed by atoms with van der Waals surface area (Å²) in [5.41, 5.74) is 7.41. The SMILES string of the molecule is CC1CCN(C(C)Cc2ccc(O)c(N)c2)CC1. The Morgan fingerprint density at radius 3 is 2.67 bits per heavy atom. The Balaban J connectivity index is 1.94. The lowest BCUT2D eigenvalue weighted by Gasteiger charge is -2.35. The van der Waals surface area contributed by atoms with Gasteiger partial charge in [-0.15, -0.1) is 0 Å². The normalized spacial score (nSPS) is 19.9. The van der Waals surface area contributed by atoms with E-state index in [4.69, 9.17) is 5.73 Å². The van der Waals surface area contributed by atoms with Crippen LogP contribution >= 0.6 is 0 Å². The van der Waals surface area contributed by atoms with Crippen LogP contribution in [0.5, 0.6) is 5.75 Å². The molecule has 3 heteroatoms. The van der Waals surface area contributed by atoms with E-state index >= 15 is 0 Å². The van der Waals surface area contributed by atoms with E-state index in [0.29, 0.717) is 11.7 Å². The number of aromatic hydroxyl groups is 1. The zero-order chi connectivity index (χ0) is 13.1. The summed E-state index contributed by atoms with van der Waals surface area (Å²) >= 11 is 0. The van der Waals surface area contributed by atoms with Gasteiger partial charge in [0.05, 0.1) is 5.69 Å². The van der Waals surface area contributed by atoms with Crippen molar-refractivity contribution in [1.29, 1.82) is 0 Å². The first-order chi connectivity index (χ1) is 8.56. The summed E-state index contributed by atoms with van der Waals surface area (Å²) in [6.07, 6.45) is 3.61. The highest BCUT2D eigenvalue weighted by Gasteiger charge is 2.20. The highest BCUT2D eigenvalue weighted by molar-refractivity contribution is 5.53. The zero-order valence-electron chi connectivity index (χ0n) is 11.4. The second-order valence-corrected chi connectivity index (χ2v) is 5.66. The molecule has 1 aromatic rings. The molecular formula is C15H24N2O. The fourth-order valence-electron chi connectivity index (χ4n) is 2.67. The van der Waals surface area contributed by atoms with Crippen LogP contribution in [0.3, 0.4) is 0 Å². The number of anilines is 1. The van der Waals surface area contributed by atoms with E-state index in [1.807, 2.05) is 12.1 Å². The van der Waals surface area contributed by atoms with E-state index < -0.39 is 0 Å². The van der Waals surface area contributed by atoms with Crippen molar-refractivity contribution in [3.8, 4) is 5.75 Å². The van der Waals surface area contributed by atoms with Crippen molar-refractivity contribution in [2.75, 3.05) is 18.8 Å². The summed E-state index contributed by atoms with van der Waals surface area (Å²) in [6, 6.07) is 6.09. The largest absolute Gasteiger partial charge is 0.506 e. The van der Waals surface area contributed by atoms with Crippen molar-refractivity contribution < 1.29 is 5.11 Å². The van der Waals surface area contributed by atoms with Gasteiger partial charge in [0.1, 0.15) is 5.75 Å². The number of hydrogen-bond acceptors (Lipinski definition) is 3. The summed E-state index contributed by atoms with van der Waals surface area (Å²) in [5, 5.41) is 9.42. The molecule has 1 aromatic carbocycles. The van der Waals surface area contributed by atoms with Crippen LogP contribution < -0.4 is 5.73 Å². The predicted octanol–water partition coefficient (Wildman–Crippen LogP) is 2.64. The minimum absolute atomic E-state index is 0.179. The van der Waals surface area contributed by atoms with Crippen LogP contribution in [0.2, 0.25) is 0 Å². The second-order valence-electron chi connectivity index (χ2n) is 5.66. The minimum Gasteiger partial charge on any atom is -0.506 e. The lowest BCUT2D eigenvalue weighted by Crippen LogP contribution is -2.40. The number of nitrogens with two attached hydrogens (primary N) is 1. The molecule has 0 aromatic heterocycles. The Kier molecular flexibility index (Phi) is 4.12. The maximum atomic E-state index is 9.42. The van der Waals surface area contributed by atoms with Crippen LogP contribution in [0.1, 0.15) is 32.3 Å². The van der Waals surface area contributed by atoms with E-state index in [9.17, 15) is 5.11 Å². The maximum Gasteiger partial charge on any atom is 0.138 e. The Labute approximate surface area is 110 Å². The van der Waals surface area contributed by atoms with Gasteiger partial charge in [-0.25, -0.2) is 0 Å². The Morgan fingerprint density at radius 1 is 1.39 bits per heavy atom. The van der Waals surface area contributed by atoms with E-state index in [-0.39, 0.29) is 5.75 Å². The van der Waals surface area contributed by atoms with Crippen molar-refractivity contribution in [3.63, 3.8) is 0 Å². The van der Waals surface area contributed by atoms with Gasteiger partial charge < -0.3 is 15.7 Å². The van der Waals surface area contributed by atoms with Gasteiger partial charge in [0, 0.05) is 6.04 Å². The van der Waals surface area contributed by atoms with E-state index in [1.54, 1.807) is 6.07 Å². The van der Waals surface area contributed by atoms with E-state index in [1.165, 1.54) is 31.5 Å². The van der Waals surface area contributed by atoms with Gasteiger partial charge in [0.15, 0.2) is 0 Å². The molecule has 2 rings (SSSR count). The van der Waals surface area contributed by atoms with Crippen molar-refractivity contribution in [2.45, 2.75) is 39.2 Å². The summed E-state index contributed by atoms with van der Waals surface area (Å²) in [5.74, 6) is 1.05. The molecule has 18 heavy (non-hydrogen) atoms. The number of hydrogen-bond donors (Lipinski definition) is 2. The molecule has 0 radical (unpaired) electrons. The highest BCUT2D eigenvalue weighted by atomic mass is 16.3. The van der Waals surface area contributed by atoms with Crippen LogP contribution in [0.25, 0.3) is 0 Å². The zero-order valence-corrected chi connectivity index (χ0v) is 11.4. The predicted molar refractivity (Wildman–Crippen MR) is 75.7 cm³/mol. The number of rotatable bonds is 3. The molecule has 0 saturated carbocycles. The van der Waals surface area contributed by atoms with Crippen molar-refractivity contribution in [3.05, 3.63) is 23.8 Å². The number of phenols is 1. The molecule has 3 N–H and O–H groups in total. The lowest BCUT2D eigenvalue weighted by atomic mass is 9.96. The minimum atomic E-state index is 0.179.